The molecular formula is C22H31N3O2S. The van der Waals surface area contributed by atoms with Crippen molar-refractivity contribution in [2.75, 3.05) is 44.3 Å². The average Bonchev–Trinajstić information content (AvgIpc) is 2.72. The van der Waals surface area contributed by atoms with Crippen molar-refractivity contribution in [1.82, 2.24) is 15.2 Å². The van der Waals surface area contributed by atoms with Crippen LogP contribution in [-0.2, 0) is 13.0 Å². The molecule has 1 aliphatic heterocycles. The van der Waals surface area contributed by atoms with E-state index in [0.29, 0.717) is 13.2 Å². The maximum Gasteiger partial charge on any atom is 0.123 e. The highest BCUT2D eigenvalue weighted by atomic mass is 32.2. The van der Waals surface area contributed by atoms with E-state index in [4.69, 9.17) is 4.74 Å². The van der Waals surface area contributed by atoms with E-state index < -0.39 is 6.10 Å². The molecule has 28 heavy (non-hydrogen) atoms. The van der Waals surface area contributed by atoms with E-state index in [9.17, 15) is 5.11 Å². The molecule has 0 amide bonds. The fourth-order valence-electron chi connectivity index (χ4n) is 3.32. The minimum absolute atomic E-state index is 0.327. The molecule has 6 heteroatoms. The molecule has 2 heterocycles. The molecule has 0 unspecified atom stereocenters. The second kappa shape index (κ2) is 11.4. The largest absolute Gasteiger partial charge is 0.491 e. The summed E-state index contributed by atoms with van der Waals surface area (Å²) in [5, 5.41) is 13.8. The zero-order valence-corrected chi connectivity index (χ0v) is 17.5. The number of aliphatic hydroxyl groups is 1. The topological polar surface area (TPSA) is 57.6 Å². The Labute approximate surface area is 172 Å². The van der Waals surface area contributed by atoms with Gasteiger partial charge in [-0.1, -0.05) is 24.3 Å². The van der Waals surface area contributed by atoms with Crippen molar-refractivity contribution in [2.45, 2.75) is 26.0 Å². The van der Waals surface area contributed by atoms with Crippen LogP contribution in [0.4, 0.5) is 0 Å². The van der Waals surface area contributed by atoms with Gasteiger partial charge in [0.1, 0.15) is 18.5 Å². The van der Waals surface area contributed by atoms with Crippen LogP contribution in [0, 0.1) is 6.92 Å². The van der Waals surface area contributed by atoms with Gasteiger partial charge in [-0.3, -0.25) is 9.88 Å². The molecule has 1 saturated heterocycles. The number of β-amino-alcohol motifs (C(OH)–C–C–N with tert-alkyl or cyclic N) is 1. The van der Waals surface area contributed by atoms with Gasteiger partial charge in [-0.2, -0.15) is 11.8 Å². The number of nitrogens with zero attached hydrogens (tertiary/aromatic N) is 2. The summed E-state index contributed by atoms with van der Waals surface area (Å²) in [5.41, 5.74) is 3.48. The summed E-state index contributed by atoms with van der Waals surface area (Å²) in [5.74, 6) is 3.15. The molecule has 152 valence electrons. The summed E-state index contributed by atoms with van der Waals surface area (Å²) in [7, 11) is 0. The molecular weight excluding hydrogens is 370 g/mol. The van der Waals surface area contributed by atoms with Crippen LogP contribution in [0.5, 0.6) is 5.75 Å². The van der Waals surface area contributed by atoms with Gasteiger partial charge in [0, 0.05) is 68.1 Å². The minimum Gasteiger partial charge on any atom is -0.491 e. The summed E-state index contributed by atoms with van der Waals surface area (Å²) in [6, 6.07) is 12.1. The maximum absolute atomic E-state index is 10.3. The van der Waals surface area contributed by atoms with Gasteiger partial charge < -0.3 is 15.2 Å². The average molecular weight is 402 g/mol. The molecule has 3 rings (SSSR count). The van der Waals surface area contributed by atoms with Crippen LogP contribution in [0.3, 0.4) is 0 Å². The first kappa shape index (κ1) is 21.1. The Morgan fingerprint density at radius 2 is 2.04 bits per heavy atom. The third-order valence-corrected chi connectivity index (χ3v) is 5.89. The number of hydrogen-bond acceptors (Lipinski definition) is 6. The van der Waals surface area contributed by atoms with Crippen molar-refractivity contribution < 1.29 is 9.84 Å². The summed E-state index contributed by atoms with van der Waals surface area (Å²) in [6.45, 7) is 6.82. The summed E-state index contributed by atoms with van der Waals surface area (Å²) in [4.78, 5) is 6.76. The number of rotatable bonds is 10. The van der Waals surface area contributed by atoms with Crippen molar-refractivity contribution in [3.05, 3.63) is 59.4 Å². The Morgan fingerprint density at radius 1 is 1.21 bits per heavy atom. The number of aromatic nitrogens is 1. The first-order valence-electron chi connectivity index (χ1n) is 10.0. The van der Waals surface area contributed by atoms with Gasteiger partial charge in [-0.05, 0) is 24.6 Å². The van der Waals surface area contributed by atoms with E-state index in [2.05, 4.69) is 34.3 Å². The number of thioether (sulfide) groups is 1. The van der Waals surface area contributed by atoms with Gasteiger partial charge in [0.05, 0.1) is 0 Å². The predicted molar refractivity (Wildman–Crippen MR) is 116 cm³/mol. The van der Waals surface area contributed by atoms with Crippen molar-refractivity contribution in [2.24, 2.45) is 0 Å². The molecule has 1 aliphatic rings. The zero-order chi connectivity index (χ0) is 19.6. The van der Waals surface area contributed by atoms with Crippen LogP contribution in [0.1, 0.15) is 16.8 Å². The van der Waals surface area contributed by atoms with Crippen LogP contribution in [0.25, 0.3) is 0 Å². The summed E-state index contributed by atoms with van der Waals surface area (Å²) >= 11 is 1.98. The minimum atomic E-state index is -0.462. The van der Waals surface area contributed by atoms with Crippen molar-refractivity contribution in [1.29, 1.82) is 0 Å². The van der Waals surface area contributed by atoms with Crippen LogP contribution < -0.4 is 10.1 Å². The van der Waals surface area contributed by atoms with Crippen LogP contribution in [0.15, 0.2) is 42.6 Å². The highest BCUT2D eigenvalue weighted by Crippen LogP contribution is 2.18. The molecule has 5 nitrogen and oxygen atoms in total. The van der Waals surface area contributed by atoms with Crippen molar-refractivity contribution >= 4 is 11.8 Å². The van der Waals surface area contributed by atoms with E-state index in [1.165, 1.54) is 5.56 Å². The quantitative estimate of drug-likeness (QED) is 0.597. The second-order valence-corrected chi connectivity index (χ2v) is 8.40. The van der Waals surface area contributed by atoms with Gasteiger partial charge in [-0.15, -0.1) is 0 Å². The number of aliphatic hydroxyl groups excluding tert-OH is 1. The SMILES string of the molecule is Cc1cccnc1CCNCc1ccccc1OC[C@H](O)CN1CCSCC1. The monoisotopic (exact) mass is 401 g/mol. The molecule has 1 aromatic heterocycles. The third kappa shape index (κ3) is 6.78. The lowest BCUT2D eigenvalue weighted by Crippen LogP contribution is -2.40. The zero-order valence-electron chi connectivity index (χ0n) is 16.6. The number of hydrogen-bond donors (Lipinski definition) is 2. The molecule has 1 fully saturated rings. The standard InChI is InChI=1S/C22H31N3O2S/c1-18-5-4-9-24-21(18)8-10-23-15-19-6-2-3-7-22(19)27-17-20(26)16-25-11-13-28-14-12-25/h2-7,9,20,23,26H,8,10-17H2,1H3/t20-/m1/s1. The Kier molecular flexibility index (Phi) is 8.61. The van der Waals surface area contributed by atoms with Crippen LogP contribution >= 0.6 is 11.8 Å². The van der Waals surface area contributed by atoms with Gasteiger partial charge in [0.25, 0.3) is 0 Å². The Hall–Kier alpha value is -1.60. The number of pyridine rings is 1. The molecule has 0 aliphatic carbocycles. The molecule has 1 atom stereocenters. The lowest BCUT2D eigenvalue weighted by molar-refractivity contribution is 0.0711. The summed E-state index contributed by atoms with van der Waals surface area (Å²) in [6.07, 6.45) is 2.29. The second-order valence-electron chi connectivity index (χ2n) is 7.18. The molecule has 2 N–H and O–H groups in total. The van der Waals surface area contributed by atoms with Gasteiger partial charge in [0.2, 0.25) is 0 Å². The first-order chi connectivity index (χ1) is 13.7. The van der Waals surface area contributed by atoms with E-state index in [1.54, 1.807) is 0 Å². The van der Waals surface area contributed by atoms with E-state index in [0.717, 1.165) is 61.1 Å². The Balaban J connectivity index is 1.42. The highest BCUT2D eigenvalue weighted by molar-refractivity contribution is 7.99. The van der Waals surface area contributed by atoms with Gasteiger partial charge in [-0.25, -0.2) is 0 Å². The number of nitrogens with one attached hydrogen (secondary N) is 1. The fourth-order valence-corrected chi connectivity index (χ4v) is 4.30. The molecule has 2 aromatic rings. The molecule has 0 radical (unpaired) electrons. The maximum atomic E-state index is 10.3. The number of aryl methyl sites for hydroxylation is 1. The number of benzene rings is 1. The third-order valence-electron chi connectivity index (χ3n) is 4.95. The van der Waals surface area contributed by atoms with Crippen LogP contribution in [-0.4, -0.2) is 65.4 Å². The molecule has 1 aromatic carbocycles. The number of para-hydroxylation sites is 1. The fraction of sp³-hybridized carbons (Fsp3) is 0.500. The van der Waals surface area contributed by atoms with Gasteiger partial charge >= 0.3 is 0 Å². The van der Waals surface area contributed by atoms with Crippen LogP contribution in [0.2, 0.25) is 0 Å². The van der Waals surface area contributed by atoms with Gasteiger partial charge in [0.15, 0.2) is 0 Å². The number of ether oxygens (including phenoxy) is 1. The smallest absolute Gasteiger partial charge is 0.123 e. The molecule has 0 bridgehead atoms. The van der Waals surface area contributed by atoms with Crippen molar-refractivity contribution in [3.63, 3.8) is 0 Å². The summed E-state index contributed by atoms with van der Waals surface area (Å²) < 4.78 is 5.94. The lowest BCUT2D eigenvalue weighted by Gasteiger charge is -2.28. The Bertz CT molecular complexity index is 722. The lowest BCUT2D eigenvalue weighted by atomic mass is 10.1. The first-order valence-corrected chi connectivity index (χ1v) is 11.2. The van der Waals surface area contributed by atoms with E-state index >= 15 is 0 Å². The normalized spacial score (nSPS) is 16.1. The van der Waals surface area contributed by atoms with E-state index in [1.807, 2.05) is 42.2 Å². The predicted octanol–water partition coefficient (Wildman–Crippen LogP) is 2.51. The van der Waals surface area contributed by atoms with E-state index in [-0.39, 0.29) is 0 Å². The molecule has 0 saturated carbocycles. The molecule has 0 spiro atoms. The highest BCUT2D eigenvalue weighted by Gasteiger charge is 2.15. The Morgan fingerprint density at radius 3 is 2.86 bits per heavy atom. The van der Waals surface area contributed by atoms with Crippen molar-refractivity contribution in [3.8, 4) is 5.75 Å².